The molecule has 3 nitrogen and oxygen atoms in total. The standard InChI is InChI=1S/C20H32F3N3S/c1-12(2)25(13(3)4)16-9-10-18(17(11-16)20(21,22)23)24-19(27)26(14(5)6)15(7)8/h9-15H,1-8H3,(H,24,27). The molecule has 0 amide bonds. The van der Waals surface area contributed by atoms with Crippen molar-refractivity contribution in [2.75, 3.05) is 10.2 Å². The molecular weight excluding hydrogens is 371 g/mol. The Morgan fingerprint density at radius 2 is 1.37 bits per heavy atom. The summed E-state index contributed by atoms with van der Waals surface area (Å²) in [6.45, 7) is 15.7. The molecule has 0 aliphatic rings. The van der Waals surface area contributed by atoms with Crippen molar-refractivity contribution in [3.63, 3.8) is 0 Å². The van der Waals surface area contributed by atoms with Crippen molar-refractivity contribution in [1.29, 1.82) is 0 Å². The van der Waals surface area contributed by atoms with Gasteiger partial charge < -0.3 is 15.1 Å². The fourth-order valence-electron chi connectivity index (χ4n) is 3.47. The van der Waals surface area contributed by atoms with E-state index in [1.165, 1.54) is 12.1 Å². The molecule has 0 bridgehead atoms. The Hall–Kier alpha value is -1.50. The number of nitrogens with one attached hydrogen (secondary N) is 1. The molecule has 0 heterocycles. The zero-order valence-corrected chi connectivity index (χ0v) is 18.3. The maximum Gasteiger partial charge on any atom is 0.418 e. The summed E-state index contributed by atoms with van der Waals surface area (Å²) < 4.78 is 41.2. The largest absolute Gasteiger partial charge is 0.418 e. The minimum atomic E-state index is -4.48. The zero-order valence-electron chi connectivity index (χ0n) is 17.5. The first kappa shape index (κ1) is 23.5. The average molecular weight is 404 g/mol. The summed E-state index contributed by atoms with van der Waals surface area (Å²) in [7, 11) is 0. The van der Waals surface area contributed by atoms with Crippen LogP contribution in [0.1, 0.15) is 61.0 Å². The van der Waals surface area contributed by atoms with E-state index in [1.54, 1.807) is 6.07 Å². The third kappa shape index (κ3) is 5.99. The summed E-state index contributed by atoms with van der Waals surface area (Å²) in [6, 6.07) is 4.73. The van der Waals surface area contributed by atoms with Gasteiger partial charge in [-0.05, 0) is 85.8 Å². The van der Waals surface area contributed by atoms with E-state index in [9.17, 15) is 13.2 Å². The first-order chi connectivity index (χ1) is 12.3. The number of nitrogens with zero attached hydrogens (tertiary/aromatic N) is 2. The number of halogens is 3. The first-order valence-corrected chi connectivity index (χ1v) is 9.77. The Bertz CT molecular complexity index is 624. The molecule has 0 saturated carbocycles. The molecule has 0 spiro atoms. The molecule has 1 aromatic rings. The van der Waals surface area contributed by atoms with Crippen molar-refractivity contribution >= 4 is 28.7 Å². The number of anilines is 2. The highest BCUT2D eigenvalue weighted by molar-refractivity contribution is 7.80. The predicted molar refractivity (Wildman–Crippen MR) is 113 cm³/mol. The maximum absolute atomic E-state index is 13.7. The van der Waals surface area contributed by atoms with Gasteiger partial charge in [0.25, 0.3) is 0 Å². The second-order valence-corrected chi connectivity index (χ2v) is 8.23. The fourth-order valence-corrected chi connectivity index (χ4v) is 4.01. The molecule has 0 aliphatic carbocycles. The Kier molecular flexibility index (Phi) is 7.96. The lowest BCUT2D eigenvalue weighted by Crippen LogP contribution is -2.44. The van der Waals surface area contributed by atoms with Crippen LogP contribution in [0.15, 0.2) is 18.2 Å². The van der Waals surface area contributed by atoms with E-state index in [0.717, 1.165) is 0 Å². The topological polar surface area (TPSA) is 18.5 Å². The maximum atomic E-state index is 13.7. The van der Waals surface area contributed by atoms with Crippen LogP contribution < -0.4 is 10.2 Å². The van der Waals surface area contributed by atoms with Crippen molar-refractivity contribution in [1.82, 2.24) is 4.90 Å². The first-order valence-electron chi connectivity index (χ1n) is 9.36. The fraction of sp³-hybridized carbons (Fsp3) is 0.650. The van der Waals surface area contributed by atoms with Crippen LogP contribution in [0.2, 0.25) is 0 Å². The van der Waals surface area contributed by atoms with E-state index < -0.39 is 11.7 Å². The molecule has 7 heteroatoms. The summed E-state index contributed by atoms with van der Waals surface area (Å²) >= 11 is 5.40. The second kappa shape index (κ2) is 9.13. The third-order valence-corrected chi connectivity index (χ3v) is 4.62. The molecule has 0 aromatic heterocycles. The molecule has 1 N–H and O–H groups in total. The van der Waals surface area contributed by atoms with Gasteiger partial charge in [-0.25, -0.2) is 0 Å². The molecule has 1 rings (SSSR count). The second-order valence-electron chi connectivity index (χ2n) is 7.85. The van der Waals surface area contributed by atoms with Gasteiger partial charge in [0.1, 0.15) is 0 Å². The normalized spacial score (nSPS) is 12.3. The number of rotatable bonds is 6. The van der Waals surface area contributed by atoms with Gasteiger partial charge in [-0.2, -0.15) is 13.2 Å². The molecule has 0 saturated heterocycles. The lowest BCUT2D eigenvalue weighted by atomic mass is 10.1. The van der Waals surface area contributed by atoms with Gasteiger partial charge in [-0.3, -0.25) is 0 Å². The van der Waals surface area contributed by atoms with Crippen LogP contribution in [-0.2, 0) is 6.18 Å². The van der Waals surface area contributed by atoms with Crippen LogP contribution in [0.5, 0.6) is 0 Å². The van der Waals surface area contributed by atoms with Crippen LogP contribution >= 0.6 is 12.2 Å². The molecule has 0 unspecified atom stereocenters. The van der Waals surface area contributed by atoms with E-state index >= 15 is 0 Å². The molecule has 27 heavy (non-hydrogen) atoms. The smallest absolute Gasteiger partial charge is 0.367 e. The number of hydrogen-bond donors (Lipinski definition) is 1. The van der Waals surface area contributed by atoms with Crippen LogP contribution in [0.4, 0.5) is 24.5 Å². The van der Waals surface area contributed by atoms with Gasteiger partial charge >= 0.3 is 6.18 Å². The summed E-state index contributed by atoms with van der Waals surface area (Å²) in [5.41, 5.74) is -0.176. The molecule has 1 aromatic carbocycles. The molecule has 154 valence electrons. The van der Waals surface area contributed by atoms with Crippen molar-refractivity contribution in [2.24, 2.45) is 0 Å². The van der Waals surface area contributed by atoms with Gasteiger partial charge in [0.05, 0.1) is 11.3 Å². The monoisotopic (exact) mass is 403 g/mol. The lowest BCUT2D eigenvalue weighted by molar-refractivity contribution is -0.136. The van der Waals surface area contributed by atoms with E-state index in [1.807, 2.05) is 65.2 Å². The van der Waals surface area contributed by atoms with E-state index in [0.29, 0.717) is 10.8 Å². The number of benzene rings is 1. The van der Waals surface area contributed by atoms with Crippen molar-refractivity contribution in [2.45, 2.75) is 85.7 Å². The number of hydrogen-bond acceptors (Lipinski definition) is 2. The summed E-state index contributed by atoms with van der Waals surface area (Å²) in [4.78, 5) is 3.85. The highest BCUT2D eigenvalue weighted by Crippen LogP contribution is 2.38. The SMILES string of the molecule is CC(C)N(C(=S)Nc1ccc(N(C(C)C)C(C)C)cc1C(F)(F)F)C(C)C. The van der Waals surface area contributed by atoms with Crippen LogP contribution in [0.3, 0.4) is 0 Å². The van der Waals surface area contributed by atoms with Crippen LogP contribution in [-0.4, -0.2) is 34.2 Å². The predicted octanol–water partition coefficient (Wildman–Crippen LogP) is 6.14. The highest BCUT2D eigenvalue weighted by Gasteiger charge is 2.35. The van der Waals surface area contributed by atoms with Crippen molar-refractivity contribution < 1.29 is 13.2 Å². The average Bonchev–Trinajstić information content (AvgIpc) is 2.45. The van der Waals surface area contributed by atoms with E-state index in [4.69, 9.17) is 12.2 Å². The number of alkyl halides is 3. The Balaban J connectivity index is 3.34. The molecule has 0 fully saturated rings. The Morgan fingerprint density at radius 3 is 1.74 bits per heavy atom. The van der Waals surface area contributed by atoms with Gasteiger partial charge in [-0.15, -0.1) is 0 Å². The van der Waals surface area contributed by atoms with Crippen LogP contribution in [0, 0.1) is 0 Å². The van der Waals surface area contributed by atoms with E-state index in [-0.39, 0.29) is 29.9 Å². The third-order valence-electron chi connectivity index (χ3n) is 4.31. The summed E-state index contributed by atoms with van der Waals surface area (Å²) in [5, 5.41) is 3.12. The Morgan fingerprint density at radius 1 is 0.889 bits per heavy atom. The van der Waals surface area contributed by atoms with Gasteiger partial charge in [-0.1, -0.05) is 0 Å². The minimum absolute atomic E-state index is 0.0185. The van der Waals surface area contributed by atoms with Crippen LogP contribution in [0.25, 0.3) is 0 Å². The van der Waals surface area contributed by atoms with Gasteiger partial charge in [0.2, 0.25) is 0 Å². The Labute approximate surface area is 166 Å². The number of thiocarbonyl (C=S) groups is 1. The molecular formula is C20H32F3N3S. The minimum Gasteiger partial charge on any atom is -0.367 e. The highest BCUT2D eigenvalue weighted by atomic mass is 32.1. The van der Waals surface area contributed by atoms with Gasteiger partial charge in [0.15, 0.2) is 5.11 Å². The molecule has 0 radical (unpaired) electrons. The van der Waals surface area contributed by atoms with Crippen molar-refractivity contribution in [3.05, 3.63) is 23.8 Å². The summed E-state index contributed by atoms with van der Waals surface area (Å²) in [5.74, 6) is 0. The molecule has 0 aliphatic heterocycles. The van der Waals surface area contributed by atoms with E-state index in [2.05, 4.69) is 5.32 Å². The van der Waals surface area contributed by atoms with Gasteiger partial charge in [0, 0.05) is 29.9 Å². The molecule has 0 atom stereocenters. The zero-order chi connectivity index (χ0) is 21.1. The van der Waals surface area contributed by atoms with Crippen molar-refractivity contribution in [3.8, 4) is 0 Å². The lowest BCUT2D eigenvalue weighted by Gasteiger charge is -2.35. The summed E-state index contributed by atoms with van der Waals surface area (Å²) in [6.07, 6.45) is -4.48. The quantitative estimate of drug-likeness (QED) is 0.575.